The summed E-state index contributed by atoms with van der Waals surface area (Å²) in [7, 11) is 0. The highest BCUT2D eigenvalue weighted by molar-refractivity contribution is 8.08. The van der Waals surface area contributed by atoms with Crippen LogP contribution in [0.4, 0.5) is 0 Å². The van der Waals surface area contributed by atoms with Crippen LogP contribution < -0.4 is 9.61 Å². The summed E-state index contributed by atoms with van der Waals surface area (Å²) in [5.41, 5.74) is 0. The molecule has 2 aromatic carbocycles. The molecular weight excluding hydrogens is 333 g/mol. The third kappa shape index (κ3) is 5.01. The van der Waals surface area contributed by atoms with Crippen LogP contribution in [0.25, 0.3) is 10.8 Å². The van der Waals surface area contributed by atoms with Gasteiger partial charge in [0.05, 0.1) is 6.10 Å². The van der Waals surface area contributed by atoms with Gasteiger partial charge in [0.25, 0.3) is 0 Å². The van der Waals surface area contributed by atoms with Crippen LogP contribution in [0, 0.1) is 0 Å². The Bertz CT molecular complexity index is 744. The van der Waals surface area contributed by atoms with E-state index in [1.54, 1.807) is 26.8 Å². The molecule has 2 aromatic rings. The molecule has 0 aliphatic rings. The van der Waals surface area contributed by atoms with Crippen molar-refractivity contribution in [1.82, 2.24) is 5.09 Å². The van der Waals surface area contributed by atoms with E-state index in [1.807, 2.05) is 36.4 Å². The van der Waals surface area contributed by atoms with Crippen LogP contribution in [-0.2, 0) is 21.3 Å². The number of ether oxygens (including phenoxy) is 1. The maximum Gasteiger partial charge on any atom is 0.323 e. The van der Waals surface area contributed by atoms with Gasteiger partial charge in [0.1, 0.15) is 11.8 Å². The summed E-state index contributed by atoms with van der Waals surface area (Å²) in [6.45, 7) is 1.70. The lowest BCUT2D eigenvalue weighted by Crippen LogP contribution is -2.35. The topological polar surface area (TPSA) is 67.8 Å². The van der Waals surface area contributed by atoms with Gasteiger partial charge in [-0.2, -0.15) is 0 Å². The van der Waals surface area contributed by atoms with Gasteiger partial charge in [0, 0.05) is 5.39 Å². The molecule has 0 aromatic heterocycles. The van der Waals surface area contributed by atoms with E-state index in [-0.39, 0.29) is 6.10 Å². The Morgan fingerprint density at radius 1 is 1.17 bits per heavy atom. The molecule has 7 heteroatoms. The highest BCUT2D eigenvalue weighted by Crippen LogP contribution is 2.42. The number of carbonyl (C=O) groups is 1. The first-order valence-corrected chi connectivity index (χ1v) is 9.94. The Morgan fingerprint density at radius 2 is 1.83 bits per heavy atom. The molecule has 0 spiro atoms. The number of benzene rings is 2. The van der Waals surface area contributed by atoms with Gasteiger partial charge in [-0.1, -0.05) is 36.4 Å². The third-order valence-corrected chi connectivity index (χ3v) is 4.73. The van der Waals surface area contributed by atoms with Crippen molar-refractivity contribution in [2.75, 3.05) is 0 Å². The van der Waals surface area contributed by atoms with Gasteiger partial charge >= 0.3 is 12.6 Å². The van der Waals surface area contributed by atoms with Crippen LogP contribution in [-0.4, -0.2) is 23.0 Å². The van der Waals surface area contributed by atoms with Gasteiger partial charge in [-0.3, -0.25) is 4.79 Å². The zero-order valence-electron chi connectivity index (χ0n) is 13.2. The van der Waals surface area contributed by atoms with E-state index in [2.05, 4.69) is 5.09 Å². The fourth-order valence-corrected chi connectivity index (χ4v) is 3.86. The molecule has 2 N–H and O–H groups in total. The zero-order valence-corrected chi connectivity index (χ0v) is 14.9. The number of esters is 1. The van der Waals surface area contributed by atoms with Crippen LogP contribution in [0.3, 0.4) is 0 Å². The number of carbonyl (C=O) groups excluding carboxylic acids is 1. The quantitative estimate of drug-likeness (QED) is 0.613. The summed E-state index contributed by atoms with van der Waals surface area (Å²) in [5, 5.41) is 4.48. The van der Waals surface area contributed by atoms with E-state index in [0.29, 0.717) is 5.75 Å². The van der Waals surface area contributed by atoms with Crippen molar-refractivity contribution < 1.29 is 18.9 Å². The fourth-order valence-electron chi connectivity index (χ4n) is 2.07. The molecule has 2 atom stereocenters. The second-order valence-electron chi connectivity index (χ2n) is 5.43. The van der Waals surface area contributed by atoms with Gasteiger partial charge in [-0.25, -0.2) is 5.09 Å². The summed E-state index contributed by atoms with van der Waals surface area (Å²) in [5.74, 6) is -0.00402. The number of hydrogen-bond acceptors (Lipinski definition) is 4. The molecule has 0 saturated heterocycles. The standard InChI is InChI=1S/C16H20NO4PS/c1-11(2)20-16(18)12(3)17-22(19,23)21-15-10-6-8-13-7-4-5-9-14(13)15/h4-12H,1-3H3,(H2,17,19,23)/t12-,22?/m0/s1. The van der Waals surface area contributed by atoms with Crippen LogP contribution in [0.15, 0.2) is 42.5 Å². The SMILES string of the molecule is CC(C)OC(=O)[C@H](C)NP(O)(=S)Oc1cccc2ccccc12. The average molecular weight is 353 g/mol. The van der Waals surface area contributed by atoms with Crippen LogP contribution in [0.2, 0.25) is 0 Å². The summed E-state index contributed by atoms with van der Waals surface area (Å²) >= 11 is 5.12. The van der Waals surface area contributed by atoms with E-state index in [9.17, 15) is 9.69 Å². The molecular formula is C16H20NO4PS. The third-order valence-electron chi connectivity index (χ3n) is 3.03. The largest absolute Gasteiger partial charge is 0.462 e. The zero-order chi connectivity index (χ0) is 17.0. The summed E-state index contributed by atoms with van der Waals surface area (Å²) in [4.78, 5) is 22.2. The maximum absolute atomic E-state index is 11.8. The molecule has 1 unspecified atom stereocenters. The van der Waals surface area contributed by atoms with Crippen molar-refractivity contribution in [2.24, 2.45) is 0 Å². The second kappa shape index (κ2) is 7.41. The second-order valence-corrected chi connectivity index (χ2v) is 8.39. The molecule has 0 radical (unpaired) electrons. The Kier molecular flexibility index (Phi) is 5.76. The predicted molar refractivity (Wildman–Crippen MR) is 94.9 cm³/mol. The van der Waals surface area contributed by atoms with E-state index in [4.69, 9.17) is 21.1 Å². The Morgan fingerprint density at radius 3 is 2.52 bits per heavy atom. The van der Waals surface area contributed by atoms with E-state index >= 15 is 0 Å². The number of nitrogens with one attached hydrogen (secondary N) is 1. The van der Waals surface area contributed by atoms with E-state index < -0.39 is 18.7 Å². The predicted octanol–water partition coefficient (Wildman–Crippen LogP) is 3.37. The maximum atomic E-state index is 11.8. The minimum absolute atomic E-state index is 0.234. The molecule has 5 nitrogen and oxygen atoms in total. The highest BCUT2D eigenvalue weighted by atomic mass is 32.5. The summed E-state index contributed by atoms with van der Waals surface area (Å²) in [6.07, 6.45) is -0.234. The molecule has 0 bridgehead atoms. The fraction of sp³-hybridized carbons (Fsp3) is 0.312. The van der Waals surface area contributed by atoms with Gasteiger partial charge in [-0.05, 0) is 44.0 Å². The number of rotatable bonds is 6. The van der Waals surface area contributed by atoms with Crippen molar-refractivity contribution >= 4 is 35.2 Å². The average Bonchev–Trinajstić information content (AvgIpc) is 2.46. The van der Waals surface area contributed by atoms with Crippen LogP contribution in [0.5, 0.6) is 5.75 Å². The van der Waals surface area contributed by atoms with Crippen LogP contribution >= 0.6 is 6.64 Å². The number of hydrogen-bond donors (Lipinski definition) is 2. The summed E-state index contributed by atoms with van der Waals surface area (Å²) < 4.78 is 10.7. The highest BCUT2D eigenvalue weighted by Gasteiger charge is 2.25. The minimum atomic E-state index is -3.39. The molecule has 0 aliphatic heterocycles. The van der Waals surface area contributed by atoms with Gasteiger partial charge in [-0.15, -0.1) is 0 Å². The minimum Gasteiger partial charge on any atom is -0.462 e. The monoisotopic (exact) mass is 353 g/mol. The van der Waals surface area contributed by atoms with Crippen molar-refractivity contribution in [3.8, 4) is 5.75 Å². The van der Waals surface area contributed by atoms with Gasteiger partial charge in [0.2, 0.25) is 0 Å². The smallest absolute Gasteiger partial charge is 0.323 e. The molecule has 0 fully saturated rings. The molecule has 0 saturated carbocycles. The molecule has 2 rings (SSSR count). The Hall–Kier alpha value is -1.46. The molecule has 0 heterocycles. The van der Waals surface area contributed by atoms with Crippen molar-refractivity contribution in [3.05, 3.63) is 42.5 Å². The normalized spacial score (nSPS) is 15.2. The molecule has 124 valence electrons. The van der Waals surface area contributed by atoms with E-state index in [0.717, 1.165) is 10.8 Å². The van der Waals surface area contributed by atoms with Crippen molar-refractivity contribution in [3.63, 3.8) is 0 Å². The van der Waals surface area contributed by atoms with Gasteiger partial charge < -0.3 is 14.2 Å². The first kappa shape index (κ1) is 17.9. The van der Waals surface area contributed by atoms with Crippen molar-refractivity contribution in [1.29, 1.82) is 0 Å². The lowest BCUT2D eigenvalue weighted by molar-refractivity contribution is -0.149. The lowest BCUT2D eigenvalue weighted by atomic mass is 10.1. The Labute approximate surface area is 140 Å². The molecule has 0 aliphatic carbocycles. The first-order valence-electron chi connectivity index (χ1n) is 7.27. The molecule has 0 amide bonds. The lowest BCUT2D eigenvalue weighted by Gasteiger charge is -2.22. The Balaban J connectivity index is 2.14. The summed E-state index contributed by atoms with van der Waals surface area (Å²) in [6, 6.07) is 12.4. The first-order chi connectivity index (χ1) is 10.8. The van der Waals surface area contributed by atoms with Crippen LogP contribution in [0.1, 0.15) is 20.8 Å². The number of fused-ring (bicyclic) bond motifs is 1. The van der Waals surface area contributed by atoms with E-state index in [1.165, 1.54) is 0 Å². The van der Waals surface area contributed by atoms with Gasteiger partial charge in [0.15, 0.2) is 0 Å². The molecule has 23 heavy (non-hydrogen) atoms. The van der Waals surface area contributed by atoms with Crippen molar-refractivity contribution in [2.45, 2.75) is 32.9 Å².